The Hall–Kier alpha value is -2.11. The number of pyridine rings is 1. The third-order valence-corrected chi connectivity index (χ3v) is 6.71. The maximum atomic E-state index is 13.3. The highest BCUT2D eigenvalue weighted by molar-refractivity contribution is 6.30. The molecule has 1 aromatic heterocycles. The van der Waals surface area contributed by atoms with Crippen molar-refractivity contribution in [3.63, 3.8) is 0 Å². The van der Waals surface area contributed by atoms with Gasteiger partial charge in [-0.3, -0.25) is 14.7 Å². The second kappa shape index (κ2) is 6.50. The van der Waals surface area contributed by atoms with Crippen molar-refractivity contribution in [3.8, 4) is 5.75 Å². The molecule has 3 atom stereocenters. The monoisotopic (exact) mass is 383 g/mol. The third-order valence-electron chi connectivity index (χ3n) is 6.51. The van der Waals surface area contributed by atoms with E-state index < -0.39 is 0 Å². The van der Waals surface area contributed by atoms with Gasteiger partial charge in [-0.15, -0.1) is 0 Å². The highest BCUT2D eigenvalue weighted by Crippen LogP contribution is 2.47. The van der Waals surface area contributed by atoms with Crippen molar-refractivity contribution >= 4 is 17.5 Å². The number of amides is 1. The number of hydrogen-bond donors (Lipinski definition) is 1. The molecule has 2 aromatic rings. The molecule has 27 heavy (non-hydrogen) atoms. The number of aromatic hydroxyl groups is 1. The molecule has 0 aliphatic carbocycles. The van der Waals surface area contributed by atoms with Crippen molar-refractivity contribution < 1.29 is 9.90 Å². The fourth-order valence-corrected chi connectivity index (χ4v) is 5.57. The summed E-state index contributed by atoms with van der Waals surface area (Å²) >= 11 is 6.07. The Balaban J connectivity index is 1.53. The maximum Gasteiger partial charge on any atom is 0.255 e. The van der Waals surface area contributed by atoms with E-state index >= 15 is 0 Å². The normalized spacial score (nSPS) is 31.7. The summed E-state index contributed by atoms with van der Waals surface area (Å²) in [4.78, 5) is 22.0. The molecule has 1 aromatic carbocycles. The van der Waals surface area contributed by atoms with Crippen molar-refractivity contribution in [2.24, 2.45) is 5.92 Å². The smallest absolute Gasteiger partial charge is 0.255 e. The first-order chi connectivity index (χ1) is 13.1. The Labute approximate surface area is 163 Å². The number of fused-ring (bicyclic) bond motifs is 2. The van der Waals surface area contributed by atoms with E-state index in [9.17, 15) is 9.90 Å². The van der Waals surface area contributed by atoms with Crippen molar-refractivity contribution in [1.82, 2.24) is 14.8 Å². The van der Waals surface area contributed by atoms with Crippen LogP contribution in [0.25, 0.3) is 0 Å². The third kappa shape index (κ3) is 2.80. The SMILES string of the molecule is O=C(c1cncc(Cl)c1)N1C[C@@H](c2cccc(O)c2)[C@@H]2[C@H]1C1CCN2CC1. The van der Waals surface area contributed by atoms with E-state index in [1.807, 2.05) is 17.0 Å². The largest absolute Gasteiger partial charge is 0.508 e. The van der Waals surface area contributed by atoms with Crippen LogP contribution in [-0.4, -0.2) is 57.5 Å². The van der Waals surface area contributed by atoms with Crippen LogP contribution in [0, 0.1) is 5.92 Å². The van der Waals surface area contributed by atoms with Gasteiger partial charge in [0.15, 0.2) is 0 Å². The van der Waals surface area contributed by atoms with E-state index in [4.69, 9.17) is 11.6 Å². The Morgan fingerprint density at radius 2 is 1.96 bits per heavy atom. The number of phenols is 1. The number of rotatable bonds is 2. The summed E-state index contributed by atoms with van der Waals surface area (Å²) < 4.78 is 0. The number of carbonyl (C=O) groups is 1. The number of halogens is 1. The second-order valence-electron chi connectivity index (χ2n) is 7.91. The van der Waals surface area contributed by atoms with Crippen LogP contribution >= 0.6 is 11.6 Å². The lowest BCUT2D eigenvalue weighted by atomic mass is 9.75. The number of benzene rings is 1. The zero-order valence-corrected chi connectivity index (χ0v) is 15.7. The first-order valence-corrected chi connectivity index (χ1v) is 9.94. The van der Waals surface area contributed by atoms with Gasteiger partial charge in [0.05, 0.1) is 16.6 Å². The number of piperidine rings is 3. The van der Waals surface area contributed by atoms with Crippen LogP contribution in [0.1, 0.15) is 34.7 Å². The van der Waals surface area contributed by atoms with E-state index in [-0.39, 0.29) is 23.6 Å². The predicted octanol–water partition coefficient (Wildman–Crippen LogP) is 3.14. The van der Waals surface area contributed by atoms with Gasteiger partial charge in [0.1, 0.15) is 5.75 Å². The summed E-state index contributed by atoms with van der Waals surface area (Å²) in [6.07, 6.45) is 5.44. The molecule has 2 bridgehead atoms. The minimum absolute atomic E-state index is 0.0106. The predicted molar refractivity (Wildman–Crippen MR) is 103 cm³/mol. The number of hydrogen-bond acceptors (Lipinski definition) is 4. The molecule has 4 saturated heterocycles. The fraction of sp³-hybridized carbons (Fsp3) is 0.429. The van der Waals surface area contributed by atoms with Crippen LogP contribution < -0.4 is 0 Å². The number of carbonyl (C=O) groups excluding carboxylic acids is 1. The zero-order chi connectivity index (χ0) is 18.5. The molecular weight excluding hydrogens is 362 g/mol. The lowest BCUT2D eigenvalue weighted by Crippen LogP contribution is -2.60. The van der Waals surface area contributed by atoms with E-state index in [0.29, 0.717) is 29.1 Å². The Kier molecular flexibility index (Phi) is 4.10. The molecule has 0 saturated carbocycles. The van der Waals surface area contributed by atoms with Crippen molar-refractivity contribution in [1.29, 1.82) is 0 Å². The molecule has 0 radical (unpaired) electrons. The summed E-state index contributed by atoms with van der Waals surface area (Å²) in [6.45, 7) is 2.86. The van der Waals surface area contributed by atoms with Crippen LogP contribution in [-0.2, 0) is 0 Å². The molecule has 4 fully saturated rings. The highest BCUT2D eigenvalue weighted by atomic mass is 35.5. The minimum Gasteiger partial charge on any atom is -0.508 e. The van der Waals surface area contributed by atoms with Crippen LogP contribution in [0.15, 0.2) is 42.7 Å². The Morgan fingerprint density at radius 1 is 1.15 bits per heavy atom. The molecular formula is C21H22ClN3O2. The molecule has 4 aliphatic heterocycles. The molecule has 6 rings (SSSR count). The van der Waals surface area contributed by atoms with E-state index in [1.165, 1.54) is 0 Å². The minimum atomic E-state index is 0.0106. The molecule has 4 aliphatic rings. The van der Waals surface area contributed by atoms with Gasteiger partial charge < -0.3 is 10.0 Å². The van der Waals surface area contributed by atoms with Gasteiger partial charge in [-0.2, -0.15) is 0 Å². The van der Waals surface area contributed by atoms with E-state index in [2.05, 4.69) is 16.0 Å². The first-order valence-electron chi connectivity index (χ1n) is 9.56. The number of phenolic OH excluding ortho intramolecular Hbond substituents is 1. The number of nitrogens with zero attached hydrogens (tertiary/aromatic N) is 3. The Bertz CT molecular complexity index is 881. The van der Waals surface area contributed by atoms with Gasteiger partial charge in [0.25, 0.3) is 5.91 Å². The summed E-state index contributed by atoms with van der Waals surface area (Å²) in [7, 11) is 0. The molecule has 5 heterocycles. The zero-order valence-electron chi connectivity index (χ0n) is 15.0. The lowest BCUT2D eigenvalue weighted by molar-refractivity contribution is -0.00342. The molecule has 140 valence electrons. The average molecular weight is 384 g/mol. The van der Waals surface area contributed by atoms with Crippen molar-refractivity contribution in [2.75, 3.05) is 19.6 Å². The molecule has 0 spiro atoms. The van der Waals surface area contributed by atoms with Crippen LogP contribution in [0.4, 0.5) is 0 Å². The molecule has 5 nitrogen and oxygen atoms in total. The second-order valence-corrected chi connectivity index (χ2v) is 8.34. The maximum absolute atomic E-state index is 13.3. The topological polar surface area (TPSA) is 56.7 Å². The van der Waals surface area contributed by atoms with E-state index in [0.717, 1.165) is 31.5 Å². The standard InChI is InChI=1S/C21H22ClN3O2/c22-16-8-15(10-23-11-16)21(27)25-12-18(14-2-1-3-17(26)9-14)20-19(25)13-4-6-24(20)7-5-13/h1-3,8-11,13,18-20,26H,4-7,12H2/t18-,19+,20+/m0/s1. The van der Waals surface area contributed by atoms with Gasteiger partial charge in [-0.1, -0.05) is 23.7 Å². The fourth-order valence-electron chi connectivity index (χ4n) is 5.40. The number of aromatic nitrogens is 1. The number of likely N-dealkylation sites (tertiary alicyclic amines) is 1. The summed E-state index contributed by atoms with van der Waals surface area (Å²) in [6, 6.07) is 9.74. The van der Waals surface area contributed by atoms with Crippen LogP contribution in [0.3, 0.4) is 0 Å². The first kappa shape index (κ1) is 17.0. The molecule has 1 amide bonds. The quantitative estimate of drug-likeness (QED) is 0.865. The van der Waals surface area contributed by atoms with Gasteiger partial charge in [0.2, 0.25) is 0 Å². The molecule has 6 heteroatoms. The van der Waals surface area contributed by atoms with Gasteiger partial charge >= 0.3 is 0 Å². The van der Waals surface area contributed by atoms with Crippen molar-refractivity contribution in [3.05, 3.63) is 58.9 Å². The van der Waals surface area contributed by atoms with Crippen molar-refractivity contribution in [2.45, 2.75) is 30.8 Å². The summed E-state index contributed by atoms with van der Waals surface area (Å²) in [5.74, 6) is 1.04. The molecule has 1 N–H and O–H groups in total. The summed E-state index contributed by atoms with van der Waals surface area (Å²) in [5.41, 5.74) is 1.66. The highest BCUT2D eigenvalue weighted by Gasteiger charge is 2.54. The summed E-state index contributed by atoms with van der Waals surface area (Å²) in [5, 5.41) is 10.4. The van der Waals surface area contributed by atoms with Gasteiger partial charge in [-0.25, -0.2) is 0 Å². The Morgan fingerprint density at radius 3 is 2.70 bits per heavy atom. The molecule has 0 unspecified atom stereocenters. The van der Waals surface area contributed by atoms with Crippen LogP contribution in [0.5, 0.6) is 5.75 Å². The van der Waals surface area contributed by atoms with E-state index in [1.54, 1.807) is 24.5 Å². The van der Waals surface area contributed by atoms with Gasteiger partial charge in [-0.05, 0) is 55.6 Å². The van der Waals surface area contributed by atoms with Gasteiger partial charge in [0, 0.05) is 30.9 Å². The average Bonchev–Trinajstić information content (AvgIpc) is 3.11. The van der Waals surface area contributed by atoms with Crippen LogP contribution in [0.2, 0.25) is 5.02 Å². The lowest BCUT2D eigenvalue weighted by Gasteiger charge is -2.51.